The van der Waals surface area contributed by atoms with E-state index in [0.29, 0.717) is 60.5 Å². The quantitative estimate of drug-likeness (QED) is 0.820. The lowest BCUT2D eigenvalue weighted by Gasteiger charge is -2.36. The first-order valence-corrected chi connectivity index (χ1v) is 9.74. The van der Waals surface area contributed by atoms with Crippen LogP contribution >= 0.6 is 11.6 Å². The van der Waals surface area contributed by atoms with Crippen LogP contribution in [0.15, 0.2) is 34.8 Å². The lowest BCUT2D eigenvalue weighted by molar-refractivity contribution is -0.117. The van der Waals surface area contributed by atoms with Crippen molar-refractivity contribution in [2.24, 2.45) is 0 Å². The van der Waals surface area contributed by atoms with Crippen molar-refractivity contribution in [2.75, 3.05) is 6.61 Å². The van der Waals surface area contributed by atoms with Gasteiger partial charge in [-0.3, -0.25) is 9.59 Å². The van der Waals surface area contributed by atoms with Crippen LogP contribution in [0, 0.1) is 0 Å². The molecule has 5 nitrogen and oxygen atoms in total. The highest BCUT2D eigenvalue weighted by Gasteiger charge is 2.42. The smallest absolute Gasteiger partial charge is 0.176 e. The van der Waals surface area contributed by atoms with Crippen LogP contribution in [-0.4, -0.2) is 23.3 Å². The summed E-state index contributed by atoms with van der Waals surface area (Å²) >= 11 is 6.23. The predicted octanol–water partition coefficient (Wildman–Crippen LogP) is 4.57. The molecule has 0 aromatic heterocycles. The number of phenols is 1. The molecule has 0 fully saturated rings. The van der Waals surface area contributed by atoms with Gasteiger partial charge in [-0.15, -0.1) is 0 Å². The van der Waals surface area contributed by atoms with Crippen LogP contribution in [0.1, 0.15) is 56.9 Å². The Morgan fingerprint density at radius 3 is 2.22 bits per heavy atom. The van der Waals surface area contributed by atoms with Crippen molar-refractivity contribution in [1.82, 2.24) is 0 Å². The van der Waals surface area contributed by atoms with Crippen molar-refractivity contribution in [1.29, 1.82) is 0 Å². The summed E-state index contributed by atoms with van der Waals surface area (Å²) < 4.78 is 11.5. The van der Waals surface area contributed by atoms with Crippen LogP contribution in [-0.2, 0) is 14.3 Å². The minimum atomic E-state index is -0.512. The van der Waals surface area contributed by atoms with Crippen LogP contribution < -0.4 is 4.74 Å². The van der Waals surface area contributed by atoms with E-state index in [1.54, 1.807) is 12.1 Å². The van der Waals surface area contributed by atoms with Crippen molar-refractivity contribution in [3.05, 3.63) is 45.4 Å². The van der Waals surface area contributed by atoms with E-state index < -0.39 is 5.92 Å². The van der Waals surface area contributed by atoms with Gasteiger partial charge in [0.05, 0.1) is 11.6 Å². The van der Waals surface area contributed by atoms with E-state index in [0.717, 1.165) is 12.8 Å². The van der Waals surface area contributed by atoms with Gasteiger partial charge in [-0.05, 0) is 37.5 Å². The van der Waals surface area contributed by atoms with Gasteiger partial charge in [-0.25, -0.2) is 0 Å². The highest BCUT2D eigenvalue weighted by molar-refractivity contribution is 6.32. The zero-order valence-corrected chi connectivity index (χ0v) is 15.9. The number of benzene rings is 1. The fraction of sp³-hybridized carbons (Fsp3) is 0.429. The lowest BCUT2D eigenvalue weighted by atomic mass is 9.73. The summed E-state index contributed by atoms with van der Waals surface area (Å²) in [6, 6.07) is 3.30. The van der Waals surface area contributed by atoms with E-state index >= 15 is 0 Å². The average Bonchev–Trinajstić information content (AvgIpc) is 2.64. The van der Waals surface area contributed by atoms with Gasteiger partial charge >= 0.3 is 0 Å². The Morgan fingerprint density at radius 2 is 1.67 bits per heavy atom. The lowest BCUT2D eigenvalue weighted by Crippen LogP contribution is -2.30. The number of phenolic OH excluding ortho intramolecular Hbond substituents is 1. The van der Waals surface area contributed by atoms with Gasteiger partial charge < -0.3 is 14.6 Å². The summed E-state index contributed by atoms with van der Waals surface area (Å²) in [7, 11) is 0. The van der Waals surface area contributed by atoms with E-state index in [4.69, 9.17) is 21.1 Å². The highest BCUT2D eigenvalue weighted by Crippen LogP contribution is 2.49. The zero-order chi connectivity index (χ0) is 19.1. The first kappa shape index (κ1) is 18.1. The molecule has 0 bridgehead atoms. The number of halogens is 1. The fourth-order valence-corrected chi connectivity index (χ4v) is 4.40. The molecule has 6 heteroatoms. The van der Waals surface area contributed by atoms with E-state index in [1.807, 2.05) is 6.92 Å². The summed E-state index contributed by atoms with van der Waals surface area (Å²) in [6.07, 6.45) is 3.77. The molecule has 4 rings (SSSR count). The van der Waals surface area contributed by atoms with Crippen molar-refractivity contribution < 1.29 is 24.2 Å². The summed E-state index contributed by atoms with van der Waals surface area (Å²) in [5.41, 5.74) is 1.79. The Balaban J connectivity index is 1.92. The second-order valence-corrected chi connectivity index (χ2v) is 7.45. The normalized spacial score (nSPS) is 20.4. The monoisotopic (exact) mass is 388 g/mol. The third-order valence-electron chi connectivity index (χ3n) is 5.32. The van der Waals surface area contributed by atoms with Crippen LogP contribution in [0.25, 0.3) is 0 Å². The van der Waals surface area contributed by atoms with E-state index in [9.17, 15) is 14.7 Å². The van der Waals surface area contributed by atoms with Gasteiger partial charge in [0.1, 0.15) is 11.5 Å². The van der Waals surface area contributed by atoms with Crippen molar-refractivity contribution in [3.63, 3.8) is 0 Å². The summed E-state index contributed by atoms with van der Waals surface area (Å²) in [5.74, 6) is 0.965. The molecule has 0 spiro atoms. The number of allylic oxidation sites excluding steroid dienone is 4. The Bertz CT molecular complexity index is 854. The molecule has 1 aromatic rings. The molecule has 1 N–H and O–H groups in total. The SMILES string of the molecule is CCOc1cc(C2C3=C(CCCC3=O)OC3=C2C(=O)CCC3)cc(Cl)c1O. The molecule has 2 aliphatic carbocycles. The highest BCUT2D eigenvalue weighted by atomic mass is 35.5. The number of carbonyl (C=O) groups is 2. The van der Waals surface area contributed by atoms with Crippen LogP contribution in [0.3, 0.4) is 0 Å². The van der Waals surface area contributed by atoms with Crippen molar-refractivity contribution in [2.45, 2.75) is 51.4 Å². The molecule has 27 heavy (non-hydrogen) atoms. The molecule has 142 valence electrons. The summed E-state index contributed by atoms with van der Waals surface area (Å²) in [6.45, 7) is 2.17. The third-order valence-corrected chi connectivity index (χ3v) is 5.61. The first-order chi connectivity index (χ1) is 13.0. The van der Waals surface area contributed by atoms with E-state index in [-0.39, 0.29) is 28.1 Å². The standard InChI is InChI=1S/C21H21ClO5/c1-2-26-17-10-11(9-12(22)21(17)25)18-19-13(23)5-3-7-15(19)27-16-8-4-6-14(24)20(16)18/h9-10,18,25H,2-8H2,1H3. The Morgan fingerprint density at radius 1 is 1.07 bits per heavy atom. The number of Topliss-reactive ketones (excluding diaryl/α,β-unsaturated/α-hetero) is 2. The van der Waals surface area contributed by atoms with Crippen LogP contribution in [0.5, 0.6) is 11.5 Å². The molecule has 3 aliphatic rings. The van der Waals surface area contributed by atoms with Gasteiger partial charge in [0.15, 0.2) is 23.1 Å². The Kier molecular flexibility index (Phi) is 4.72. The molecule has 0 saturated carbocycles. The number of rotatable bonds is 3. The van der Waals surface area contributed by atoms with Gasteiger partial charge in [-0.1, -0.05) is 11.6 Å². The Labute approximate surface area is 162 Å². The second-order valence-electron chi connectivity index (χ2n) is 7.04. The Hall–Kier alpha value is -2.27. The minimum absolute atomic E-state index is 0.00771. The molecule has 1 heterocycles. The maximum Gasteiger partial charge on any atom is 0.176 e. The average molecular weight is 389 g/mol. The molecule has 0 amide bonds. The van der Waals surface area contributed by atoms with E-state index in [1.165, 1.54) is 0 Å². The topological polar surface area (TPSA) is 72.8 Å². The maximum atomic E-state index is 12.8. The summed E-state index contributed by atoms with van der Waals surface area (Å²) in [5, 5.41) is 10.3. The minimum Gasteiger partial charge on any atom is -0.503 e. The predicted molar refractivity (Wildman–Crippen MR) is 99.9 cm³/mol. The van der Waals surface area contributed by atoms with Gasteiger partial charge in [-0.2, -0.15) is 0 Å². The molecule has 0 unspecified atom stereocenters. The zero-order valence-electron chi connectivity index (χ0n) is 15.1. The van der Waals surface area contributed by atoms with Crippen LogP contribution in [0.2, 0.25) is 5.02 Å². The molecule has 1 aliphatic heterocycles. The van der Waals surface area contributed by atoms with Crippen molar-refractivity contribution in [3.8, 4) is 11.5 Å². The largest absolute Gasteiger partial charge is 0.503 e. The molecular formula is C21H21ClO5. The molecule has 0 radical (unpaired) electrons. The number of hydrogen-bond acceptors (Lipinski definition) is 5. The molecule has 0 saturated heterocycles. The van der Waals surface area contributed by atoms with Gasteiger partial charge in [0, 0.05) is 42.7 Å². The number of aromatic hydroxyl groups is 1. The number of carbonyl (C=O) groups excluding carboxylic acids is 2. The molecule has 1 aromatic carbocycles. The number of hydrogen-bond donors (Lipinski definition) is 1. The fourth-order valence-electron chi connectivity index (χ4n) is 4.18. The van der Waals surface area contributed by atoms with Crippen LogP contribution in [0.4, 0.5) is 0 Å². The van der Waals surface area contributed by atoms with Gasteiger partial charge in [0.2, 0.25) is 0 Å². The second kappa shape index (κ2) is 7.04. The number of ether oxygens (including phenoxy) is 2. The third kappa shape index (κ3) is 3.04. The summed E-state index contributed by atoms with van der Waals surface area (Å²) in [4.78, 5) is 25.5. The van der Waals surface area contributed by atoms with Crippen molar-refractivity contribution >= 4 is 23.2 Å². The number of ketones is 2. The molecular weight excluding hydrogens is 368 g/mol. The maximum absolute atomic E-state index is 12.8. The van der Waals surface area contributed by atoms with Gasteiger partial charge in [0.25, 0.3) is 0 Å². The van der Waals surface area contributed by atoms with E-state index in [2.05, 4.69) is 0 Å². The first-order valence-electron chi connectivity index (χ1n) is 9.36. The molecule has 0 atom stereocenters.